The molecular formula is C37H47N7O8S. The zero-order valence-electron chi connectivity index (χ0n) is 30.8. The number of carboxylic acids is 1. The van der Waals surface area contributed by atoms with E-state index in [0.717, 1.165) is 15.0 Å². The van der Waals surface area contributed by atoms with Gasteiger partial charge in [0.1, 0.15) is 34.8 Å². The van der Waals surface area contributed by atoms with E-state index in [1.165, 1.54) is 16.2 Å². The second-order valence-corrected chi connectivity index (χ2v) is 15.9. The van der Waals surface area contributed by atoms with Crippen LogP contribution in [0.1, 0.15) is 66.7 Å². The van der Waals surface area contributed by atoms with Crippen LogP contribution >= 0.6 is 11.3 Å². The van der Waals surface area contributed by atoms with E-state index in [1.54, 1.807) is 46.2 Å². The number of pyridine rings is 1. The zero-order chi connectivity index (χ0) is 38.1. The van der Waals surface area contributed by atoms with Crippen LogP contribution in [0.25, 0.3) is 21.5 Å². The van der Waals surface area contributed by atoms with Crippen molar-refractivity contribution in [3.05, 3.63) is 42.6 Å². The molecule has 4 heterocycles. The summed E-state index contributed by atoms with van der Waals surface area (Å²) >= 11 is 1.45. The van der Waals surface area contributed by atoms with Gasteiger partial charge >= 0.3 is 18.1 Å². The van der Waals surface area contributed by atoms with Crippen LogP contribution in [0, 0.1) is 5.92 Å². The summed E-state index contributed by atoms with van der Waals surface area (Å²) in [5.41, 5.74) is 1.52. The second kappa shape index (κ2) is 15.1. The number of carbonyl (C=O) groups excluding carboxylic acids is 3. The predicted octanol–water partition coefficient (Wildman–Crippen LogP) is 5.57. The fourth-order valence-electron chi connectivity index (χ4n) is 6.58. The number of anilines is 1. The van der Waals surface area contributed by atoms with Gasteiger partial charge in [-0.1, -0.05) is 23.5 Å². The normalized spacial score (nSPS) is 24.1. The lowest BCUT2D eigenvalue weighted by Gasteiger charge is -2.32. The Hall–Kier alpha value is -5.12. The summed E-state index contributed by atoms with van der Waals surface area (Å²) < 4.78 is 17.6. The van der Waals surface area contributed by atoms with Gasteiger partial charge in [0, 0.05) is 48.6 Å². The summed E-state index contributed by atoms with van der Waals surface area (Å²) in [6.07, 6.45) is 6.15. The van der Waals surface area contributed by atoms with E-state index in [9.17, 15) is 24.3 Å². The maximum absolute atomic E-state index is 14.3. The minimum Gasteiger partial charge on any atom is -0.497 e. The molecule has 4 amide bonds. The minimum absolute atomic E-state index is 0.0227. The Morgan fingerprint density at radius 2 is 1.96 bits per heavy atom. The molecule has 3 aliphatic rings. The first-order chi connectivity index (χ1) is 25.2. The van der Waals surface area contributed by atoms with E-state index in [-0.39, 0.29) is 37.9 Å². The Balaban J connectivity index is 1.34. The number of carboxylic acid groups (broad SMARTS) is 1. The first kappa shape index (κ1) is 37.6. The summed E-state index contributed by atoms with van der Waals surface area (Å²) in [4.78, 5) is 65.3. The number of hydrogen-bond acceptors (Lipinski definition) is 11. The van der Waals surface area contributed by atoms with Crippen LogP contribution in [0.4, 0.5) is 14.7 Å². The van der Waals surface area contributed by atoms with Gasteiger partial charge in [-0.05, 0) is 72.4 Å². The molecule has 1 aliphatic carbocycles. The summed E-state index contributed by atoms with van der Waals surface area (Å²) in [5.74, 6) is -1.03. The average Bonchev–Trinajstić information content (AvgIpc) is 3.36. The van der Waals surface area contributed by atoms with Crippen LogP contribution in [-0.4, -0.2) is 98.5 Å². The third-order valence-electron chi connectivity index (χ3n) is 9.22. The highest BCUT2D eigenvalue weighted by Gasteiger charge is 2.61. The lowest BCUT2D eigenvalue weighted by atomic mass is 10.1. The molecule has 0 spiro atoms. The topological polar surface area (TPSA) is 185 Å². The lowest BCUT2D eigenvalue weighted by molar-refractivity contribution is -0.144. The molecule has 0 unspecified atom stereocenters. The molecule has 284 valence electrons. The fraction of sp³-hybridized carbons (Fsp3) is 0.514. The number of methoxy groups -OCH3 is 1. The molecule has 0 bridgehead atoms. The standard InChI is InChI=1S/C37H47N7O8S/c1-21(2)39-33-38-19-30(53-33)27-17-29(25-13-12-23(50-6)15-26(25)40-27)51-24-16-28-31(45)41-37(32(46)47)18-22(37)11-9-7-8-10-14-44(35(49)43(28)20-24)42-34(48)52-36(3,4)5/h9,11-13,15,17,19,21-22,24,28H,7-8,10,14,16,18,20H2,1-6H3,(H,38,39)(H,41,45)(H,42,48)(H,46,47)/b11-9-/t22-,24-,28+,37+/m1/s1. The number of hydrazine groups is 1. The number of benzene rings is 1. The van der Waals surface area contributed by atoms with E-state index >= 15 is 0 Å². The molecule has 2 fully saturated rings. The van der Waals surface area contributed by atoms with Gasteiger partial charge in [0.2, 0.25) is 5.91 Å². The van der Waals surface area contributed by atoms with Crippen LogP contribution in [0.2, 0.25) is 0 Å². The van der Waals surface area contributed by atoms with Crippen molar-refractivity contribution in [1.29, 1.82) is 0 Å². The number of aromatic nitrogens is 2. The van der Waals surface area contributed by atoms with Gasteiger partial charge in [0.05, 0.1) is 29.7 Å². The van der Waals surface area contributed by atoms with Crippen LogP contribution in [0.3, 0.4) is 0 Å². The molecule has 1 saturated heterocycles. The van der Waals surface area contributed by atoms with Gasteiger partial charge in [0.25, 0.3) is 0 Å². The SMILES string of the molecule is COc1ccc2c(O[C@@H]3C[C@H]4C(=O)N[C@@]5(C(=O)O)C[C@H]5/C=C\CCCCN(NC(=O)OC(C)(C)C)C(=O)N4C3)cc(-c3cnc(NC(C)C)s3)nc2c1. The first-order valence-electron chi connectivity index (χ1n) is 17.8. The number of allylic oxidation sites excluding steroid dienone is 1. The molecule has 15 nitrogen and oxygen atoms in total. The molecule has 1 aromatic carbocycles. The van der Waals surface area contributed by atoms with Crippen molar-refractivity contribution in [3.8, 4) is 22.1 Å². The Labute approximate surface area is 312 Å². The molecule has 4 atom stereocenters. The highest BCUT2D eigenvalue weighted by molar-refractivity contribution is 7.18. The number of rotatable bonds is 8. The minimum atomic E-state index is -1.47. The fourth-order valence-corrected chi connectivity index (χ4v) is 7.50. The molecule has 3 aromatic rings. The number of urea groups is 1. The molecule has 2 aliphatic heterocycles. The Kier molecular flexibility index (Phi) is 10.7. The monoisotopic (exact) mass is 749 g/mol. The van der Waals surface area contributed by atoms with Crippen LogP contribution in [0.15, 0.2) is 42.6 Å². The number of nitrogens with one attached hydrogen (secondary N) is 3. The molecule has 16 heteroatoms. The van der Waals surface area contributed by atoms with E-state index < -0.39 is 47.3 Å². The van der Waals surface area contributed by atoms with E-state index in [1.807, 2.05) is 38.1 Å². The highest BCUT2D eigenvalue weighted by Crippen LogP contribution is 2.45. The summed E-state index contributed by atoms with van der Waals surface area (Å²) in [6.45, 7) is 9.35. The van der Waals surface area contributed by atoms with Gasteiger partial charge in [0.15, 0.2) is 5.13 Å². The second-order valence-electron chi connectivity index (χ2n) is 14.9. The van der Waals surface area contributed by atoms with Crippen LogP contribution < -0.4 is 25.5 Å². The maximum Gasteiger partial charge on any atom is 0.426 e. The van der Waals surface area contributed by atoms with E-state index in [0.29, 0.717) is 47.4 Å². The van der Waals surface area contributed by atoms with Gasteiger partial charge < -0.3 is 34.9 Å². The van der Waals surface area contributed by atoms with Crippen LogP contribution in [0.5, 0.6) is 11.5 Å². The summed E-state index contributed by atoms with van der Waals surface area (Å²) in [5, 5.41) is 18.9. The Bertz CT molecular complexity index is 1910. The summed E-state index contributed by atoms with van der Waals surface area (Å²) in [6, 6.07) is 5.71. The first-order valence-corrected chi connectivity index (χ1v) is 18.7. The highest BCUT2D eigenvalue weighted by atomic mass is 32.1. The predicted molar refractivity (Wildman–Crippen MR) is 199 cm³/mol. The van der Waals surface area contributed by atoms with Gasteiger partial charge in [-0.2, -0.15) is 0 Å². The molecular weight excluding hydrogens is 703 g/mol. The van der Waals surface area contributed by atoms with E-state index in [2.05, 4.69) is 21.0 Å². The van der Waals surface area contributed by atoms with Crippen molar-refractivity contribution >= 4 is 51.4 Å². The number of hydrogen-bond donors (Lipinski definition) is 4. The van der Waals surface area contributed by atoms with Gasteiger partial charge in [-0.15, -0.1) is 0 Å². The number of nitrogens with zero attached hydrogens (tertiary/aromatic N) is 4. The third-order valence-corrected chi connectivity index (χ3v) is 10.2. The molecule has 1 saturated carbocycles. The van der Waals surface area contributed by atoms with Crippen molar-refractivity contribution in [2.45, 2.75) is 96.1 Å². The number of fused-ring (bicyclic) bond motifs is 3. The Morgan fingerprint density at radius 1 is 1.17 bits per heavy atom. The number of aliphatic carboxylic acids is 1. The van der Waals surface area contributed by atoms with E-state index in [4.69, 9.17) is 19.2 Å². The quantitative estimate of drug-likeness (QED) is 0.211. The number of thiazole rings is 1. The number of ether oxygens (including phenoxy) is 3. The molecule has 0 radical (unpaired) electrons. The van der Waals surface area contributed by atoms with Gasteiger partial charge in [-0.25, -0.2) is 34.8 Å². The van der Waals surface area contributed by atoms with Crippen molar-refractivity contribution in [2.24, 2.45) is 5.92 Å². The molecule has 2 aromatic heterocycles. The third kappa shape index (κ3) is 8.58. The Morgan fingerprint density at radius 3 is 2.68 bits per heavy atom. The number of amides is 4. The van der Waals surface area contributed by atoms with Crippen molar-refractivity contribution in [3.63, 3.8) is 0 Å². The molecule has 6 rings (SSSR count). The molecule has 4 N–H and O–H groups in total. The largest absolute Gasteiger partial charge is 0.497 e. The maximum atomic E-state index is 14.3. The lowest BCUT2D eigenvalue weighted by Crippen LogP contribution is -2.58. The van der Waals surface area contributed by atoms with Crippen molar-refractivity contribution in [2.75, 3.05) is 25.5 Å². The number of carbonyl (C=O) groups is 4. The average molecular weight is 750 g/mol. The summed E-state index contributed by atoms with van der Waals surface area (Å²) in [7, 11) is 1.57. The van der Waals surface area contributed by atoms with Crippen LogP contribution in [-0.2, 0) is 14.3 Å². The molecule has 53 heavy (non-hydrogen) atoms. The van der Waals surface area contributed by atoms with Crippen molar-refractivity contribution < 1.29 is 38.5 Å². The smallest absolute Gasteiger partial charge is 0.426 e. The zero-order valence-corrected chi connectivity index (χ0v) is 31.6. The van der Waals surface area contributed by atoms with Gasteiger partial charge in [-0.3, -0.25) is 4.79 Å². The van der Waals surface area contributed by atoms with Crippen molar-refractivity contribution in [1.82, 2.24) is 30.6 Å².